The van der Waals surface area contributed by atoms with E-state index in [0.29, 0.717) is 24.3 Å². The predicted octanol–water partition coefficient (Wildman–Crippen LogP) is 2.08. The molecular weight excluding hydrogens is 298 g/mol. The molecule has 6 nitrogen and oxygen atoms in total. The fourth-order valence-electron chi connectivity index (χ4n) is 1.87. The molecule has 1 aromatic carbocycles. The van der Waals surface area contributed by atoms with E-state index >= 15 is 0 Å². The normalized spacial score (nSPS) is 11.4. The predicted molar refractivity (Wildman–Crippen MR) is 86.4 cm³/mol. The van der Waals surface area contributed by atoms with E-state index in [1.807, 2.05) is 0 Å². The molecule has 0 bridgehead atoms. The largest absolute Gasteiger partial charge is 0.496 e. The van der Waals surface area contributed by atoms with Gasteiger partial charge in [0.05, 0.1) is 20.8 Å². The summed E-state index contributed by atoms with van der Waals surface area (Å²) >= 11 is 0. The van der Waals surface area contributed by atoms with Crippen LogP contribution in [0.4, 0.5) is 0 Å². The molecule has 0 aliphatic heterocycles. The van der Waals surface area contributed by atoms with Gasteiger partial charge in [0.25, 0.3) is 0 Å². The van der Waals surface area contributed by atoms with Crippen molar-refractivity contribution in [2.24, 2.45) is 0 Å². The van der Waals surface area contributed by atoms with Crippen LogP contribution in [0.5, 0.6) is 5.75 Å². The zero-order chi connectivity index (χ0) is 17.2. The molecule has 0 aliphatic carbocycles. The molecule has 0 heterocycles. The van der Waals surface area contributed by atoms with Crippen LogP contribution in [0.2, 0.25) is 0 Å². The number of carbonyl (C=O) groups is 2. The van der Waals surface area contributed by atoms with Crippen LogP contribution in [-0.4, -0.2) is 38.8 Å². The number of carbonyl (C=O) groups excluding carboxylic acids is 2. The molecule has 0 radical (unpaired) electrons. The molecule has 0 fully saturated rings. The summed E-state index contributed by atoms with van der Waals surface area (Å²) in [6.45, 7) is 6.01. The highest BCUT2D eigenvalue weighted by atomic mass is 16.5. The Morgan fingerprint density at radius 3 is 2.70 bits per heavy atom. The van der Waals surface area contributed by atoms with E-state index in [9.17, 15) is 9.59 Å². The molecular formula is C17H23NO5. The first-order valence-corrected chi connectivity index (χ1v) is 7.29. The number of esters is 1. The average molecular weight is 321 g/mol. The first-order chi connectivity index (χ1) is 11.0. The van der Waals surface area contributed by atoms with Gasteiger partial charge in [-0.3, -0.25) is 4.79 Å². The third kappa shape index (κ3) is 5.75. The van der Waals surface area contributed by atoms with E-state index in [1.54, 1.807) is 31.2 Å². The lowest BCUT2D eigenvalue weighted by Gasteiger charge is -2.14. The molecule has 0 saturated carbocycles. The summed E-state index contributed by atoms with van der Waals surface area (Å²) in [6.07, 6.45) is 1.88. The summed E-state index contributed by atoms with van der Waals surface area (Å²) in [5.41, 5.74) is 1.08. The summed E-state index contributed by atoms with van der Waals surface area (Å²) in [7, 11) is 2.78. The van der Waals surface area contributed by atoms with Crippen LogP contribution in [-0.2, 0) is 20.8 Å². The zero-order valence-electron chi connectivity index (χ0n) is 13.8. The maximum absolute atomic E-state index is 11.9. The van der Waals surface area contributed by atoms with Crippen molar-refractivity contribution >= 4 is 11.9 Å². The molecule has 0 aromatic heterocycles. The number of hydrogen-bond donors (Lipinski definition) is 1. The van der Waals surface area contributed by atoms with Gasteiger partial charge in [-0.05, 0) is 31.0 Å². The Labute approximate surface area is 136 Å². The Hall–Kier alpha value is -2.34. The van der Waals surface area contributed by atoms with E-state index in [1.165, 1.54) is 14.2 Å². The lowest BCUT2D eigenvalue weighted by atomic mass is 10.1. The van der Waals surface area contributed by atoms with Gasteiger partial charge in [0.15, 0.2) is 0 Å². The van der Waals surface area contributed by atoms with Crippen LogP contribution in [0.25, 0.3) is 0 Å². The summed E-state index contributed by atoms with van der Waals surface area (Å²) in [5, 5.41) is 2.76. The minimum absolute atomic E-state index is 0.218. The van der Waals surface area contributed by atoms with Crippen LogP contribution < -0.4 is 10.1 Å². The van der Waals surface area contributed by atoms with Crippen molar-refractivity contribution in [2.75, 3.05) is 20.8 Å². The maximum atomic E-state index is 11.9. The lowest BCUT2D eigenvalue weighted by Crippen LogP contribution is -2.34. The highest BCUT2D eigenvalue weighted by molar-refractivity contribution is 5.92. The third-order valence-electron chi connectivity index (χ3n) is 3.19. The highest BCUT2D eigenvalue weighted by Gasteiger charge is 2.15. The molecule has 1 rings (SSSR count). The fraction of sp³-hybridized carbons (Fsp3) is 0.412. The Kier molecular flexibility index (Phi) is 7.83. The molecule has 1 unspecified atom stereocenters. The molecule has 1 amide bonds. The molecule has 1 N–H and O–H groups in total. The van der Waals surface area contributed by atoms with E-state index in [4.69, 9.17) is 14.2 Å². The third-order valence-corrected chi connectivity index (χ3v) is 3.19. The summed E-state index contributed by atoms with van der Waals surface area (Å²) in [6, 6.07) is 5.07. The van der Waals surface area contributed by atoms with Gasteiger partial charge in [0, 0.05) is 6.54 Å². The molecule has 0 spiro atoms. The zero-order valence-corrected chi connectivity index (χ0v) is 13.8. The second kappa shape index (κ2) is 9.63. The van der Waals surface area contributed by atoms with Gasteiger partial charge < -0.3 is 19.5 Å². The van der Waals surface area contributed by atoms with Gasteiger partial charge in [-0.2, -0.15) is 0 Å². The molecule has 0 aliphatic rings. The Balaban J connectivity index is 2.65. The monoisotopic (exact) mass is 321 g/mol. The van der Waals surface area contributed by atoms with Crippen molar-refractivity contribution in [1.82, 2.24) is 5.32 Å². The standard InChI is InChI=1S/C17H23NO5/c1-5-6-9-23-12(2)16(19)18-11-13-7-8-15(21-3)14(10-13)17(20)22-4/h5,7-8,10,12H,1,6,9,11H2,2-4H3,(H,18,19). The van der Waals surface area contributed by atoms with Gasteiger partial charge in [-0.15, -0.1) is 6.58 Å². The Bertz CT molecular complexity index is 556. The van der Waals surface area contributed by atoms with Crippen molar-refractivity contribution < 1.29 is 23.8 Å². The van der Waals surface area contributed by atoms with Crippen LogP contribution in [0.3, 0.4) is 0 Å². The van der Waals surface area contributed by atoms with E-state index in [2.05, 4.69) is 11.9 Å². The smallest absolute Gasteiger partial charge is 0.341 e. The molecule has 23 heavy (non-hydrogen) atoms. The Morgan fingerprint density at radius 1 is 1.35 bits per heavy atom. The number of benzene rings is 1. The minimum atomic E-state index is -0.548. The van der Waals surface area contributed by atoms with Crippen molar-refractivity contribution in [2.45, 2.75) is 26.0 Å². The first-order valence-electron chi connectivity index (χ1n) is 7.29. The van der Waals surface area contributed by atoms with Crippen molar-refractivity contribution in [3.63, 3.8) is 0 Å². The van der Waals surface area contributed by atoms with Gasteiger partial charge in [-0.25, -0.2) is 4.79 Å². The second-order valence-corrected chi connectivity index (χ2v) is 4.83. The average Bonchev–Trinajstić information content (AvgIpc) is 2.58. The minimum Gasteiger partial charge on any atom is -0.496 e. The molecule has 1 atom stereocenters. The van der Waals surface area contributed by atoms with Gasteiger partial charge >= 0.3 is 5.97 Å². The van der Waals surface area contributed by atoms with Gasteiger partial charge in [-0.1, -0.05) is 12.1 Å². The number of rotatable bonds is 9. The van der Waals surface area contributed by atoms with Crippen LogP contribution >= 0.6 is 0 Å². The van der Waals surface area contributed by atoms with Gasteiger partial charge in [0.2, 0.25) is 5.91 Å². The number of nitrogens with one attached hydrogen (secondary N) is 1. The van der Waals surface area contributed by atoms with Crippen molar-refractivity contribution in [3.05, 3.63) is 42.0 Å². The fourth-order valence-corrected chi connectivity index (χ4v) is 1.87. The number of hydrogen-bond acceptors (Lipinski definition) is 5. The van der Waals surface area contributed by atoms with E-state index < -0.39 is 12.1 Å². The van der Waals surface area contributed by atoms with Crippen LogP contribution in [0.15, 0.2) is 30.9 Å². The maximum Gasteiger partial charge on any atom is 0.341 e. The quantitative estimate of drug-likeness (QED) is 0.428. The van der Waals surface area contributed by atoms with Crippen molar-refractivity contribution in [3.8, 4) is 5.75 Å². The molecule has 1 aromatic rings. The summed E-state index contributed by atoms with van der Waals surface area (Å²) in [4.78, 5) is 23.7. The topological polar surface area (TPSA) is 73.9 Å². The SMILES string of the molecule is C=CCCOC(C)C(=O)NCc1ccc(OC)c(C(=O)OC)c1. The summed E-state index contributed by atoms with van der Waals surface area (Å²) in [5.74, 6) is -0.284. The number of methoxy groups -OCH3 is 2. The second-order valence-electron chi connectivity index (χ2n) is 4.83. The van der Waals surface area contributed by atoms with E-state index in [0.717, 1.165) is 5.56 Å². The molecule has 6 heteroatoms. The van der Waals surface area contributed by atoms with Crippen molar-refractivity contribution in [1.29, 1.82) is 0 Å². The Morgan fingerprint density at radius 2 is 2.09 bits per heavy atom. The molecule has 126 valence electrons. The van der Waals surface area contributed by atoms with E-state index in [-0.39, 0.29) is 12.5 Å². The number of ether oxygens (including phenoxy) is 3. The summed E-state index contributed by atoms with van der Waals surface area (Å²) < 4.78 is 15.2. The first kappa shape index (κ1) is 18.7. The van der Waals surface area contributed by atoms with Gasteiger partial charge in [0.1, 0.15) is 17.4 Å². The van der Waals surface area contributed by atoms with Crippen LogP contribution in [0, 0.1) is 0 Å². The number of amides is 1. The lowest BCUT2D eigenvalue weighted by molar-refractivity contribution is -0.131. The van der Waals surface area contributed by atoms with Crippen LogP contribution in [0.1, 0.15) is 29.3 Å². The molecule has 0 saturated heterocycles. The highest BCUT2D eigenvalue weighted by Crippen LogP contribution is 2.20.